The van der Waals surface area contributed by atoms with E-state index >= 15 is 0 Å². The molecular formula is C14H21N3O. The molecule has 98 valence electrons. The summed E-state index contributed by atoms with van der Waals surface area (Å²) in [6, 6.07) is 3.67. The first-order valence-electron chi connectivity index (χ1n) is 6.70. The fraction of sp³-hybridized carbons (Fsp3) is 0.571. The highest BCUT2D eigenvalue weighted by atomic mass is 16.2. The van der Waals surface area contributed by atoms with Crippen LogP contribution in [0.5, 0.6) is 0 Å². The third-order valence-corrected chi connectivity index (χ3v) is 3.33. The number of amides is 1. The Kier molecular flexibility index (Phi) is 4.18. The Morgan fingerprint density at radius 3 is 3.17 bits per heavy atom. The molecule has 18 heavy (non-hydrogen) atoms. The predicted molar refractivity (Wildman–Crippen MR) is 72.7 cm³/mol. The number of rotatable bonds is 3. The lowest BCUT2D eigenvalue weighted by atomic mass is 9.99. The maximum absolute atomic E-state index is 12.5. The molecule has 0 aromatic carbocycles. The lowest BCUT2D eigenvalue weighted by Crippen LogP contribution is -2.39. The Hall–Kier alpha value is -1.58. The number of nitrogens with zero attached hydrogens (tertiary/aromatic N) is 2. The molecule has 1 aromatic rings. The van der Waals surface area contributed by atoms with E-state index in [0.29, 0.717) is 17.3 Å². The van der Waals surface area contributed by atoms with Crippen molar-refractivity contribution in [1.29, 1.82) is 0 Å². The van der Waals surface area contributed by atoms with Crippen LogP contribution in [0.25, 0.3) is 0 Å². The number of aromatic nitrogens is 1. The zero-order valence-electron chi connectivity index (χ0n) is 11.1. The second-order valence-electron chi connectivity index (χ2n) is 4.93. The maximum atomic E-state index is 12.5. The van der Waals surface area contributed by atoms with Crippen LogP contribution in [-0.2, 0) is 0 Å². The molecule has 0 saturated carbocycles. The molecule has 1 N–H and O–H groups in total. The van der Waals surface area contributed by atoms with Crippen LogP contribution in [-0.4, -0.2) is 35.4 Å². The van der Waals surface area contributed by atoms with Gasteiger partial charge in [-0.3, -0.25) is 4.79 Å². The third kappa shape index (κ3) is 2.81. The largest absolute Gasteiger partial charge is 0.370 e. The van der Waals surface area contributed by atoms with E-state index in [1.54, 1.807) is 6.20 Å². The first kappa shape index (κ1) is 12.9. The van der Waals surface area contributed by atoms with Crippen molar-refractivity contribution in [2.75, 3.05) is 25.0 Å². The minimum atomic E-state index is 0.102. The van der Waals surface area contributed by atoms with Crippen molar-refractivity contribution in [3.8, 4) is 0 Å². The number of hydrogen-bond donors (Lipinski definition) is 1. The van der Waals surface area contributed by atoms with Gasteiger partial charge in [0.2, 0.25) is 0 Å². The molecule has 4 nitrogen and oxygen atoms in total. The van der Waals surface area contributed by atoms with Crippen LogP contribution in [0.15, 0.2) is 18.3 Å². The summed E-state index contributed by atoms with van der Waals surface area (Å²) in [7, 11) is 0. The van der Waals surface area contributed by atoms with Crippen LogP contribution in [0.2, 0.25) is 0 Å². The SMILES string of the molecule is CCNc1ncccc1C(=O)N1CCCC(C)C1. The lowest BCUT2D eigenvalue weighted by Gasteiger charge is -2.31. The molecule has 1 fully saturated rings. The van der Waals surface area contributed by atoms with Crippen LogP contribution in [0.4, 0.5) is 5.82 Å². The van der Waals surface area contributed by atoms with E-state index in [4.69, 9.17) is 0 Å². The second-order valence-corrected chi connectivity index (χ2v) is 4.93. The molecule has 1 aliphatic rings. The predicted octanol–water partition coefficient (Wildman–Crippen LogP) is 2.39. The zero-order chi connectivity index (χ0) is 13.0. The van der Waals surface area contributed by atoms with Crippen LogP contribution >= 0.6 is 0 Å². The van der Waals surface area contributed by atoms with E-state index in [1.807, 2.05) is 24.0 Å². The molecule has 4 heteroatoms. The Morgan fingerprint density at radius 2 is 2.44 bits per heavy atom. The summed E-state index contributed by atoms with van der Waals surface area (Å²) in [5.41, 5.74) is 0.688. The van der Waals surface area contributed by atoms with Crippen molar-refractivity contribution in [3.05, 3.63) is 23.9 Å². The van der Waals surface area contributed by atoms with Crippen molar-refractivity contribution >= 4 is 11.7 Å². The Bertz CT molecular complexity index is 419. The van der Waals surface area contributed by atoms with E-state index in [-0.39, 0.29) is 5.91 Å². The molecule has 2 heterocycles. The fourth-order valence-corrected chi connectivity index (χ4v) is 2.43. The summed E-state index contributed by atoms with van der Waals surface area (Å²) >= 11 is 0. The van der Waals surface area contributed by atoms with Gasteiger partial charge in [-0.05, 0) is 37.8 Å². The molecule has 1 aliphatic heterocycles. The van der Waals surface area contributed by atoms with Crippen LogP contribution in [0.3, 0.4) is 0 Å². The van der Waals surface area contributed by atoms with Crippen LogP contribution in [0.1, 0.15) is 37.0 Å². The van der Waals surface area contributed by atoms with Gasteiger partial charge < -0.3 is 10.2 Å². The van der Waals surface area contributed by atoms with E-state index in [2.05, 4.69) is 17.2 Å². The zero-order valence-corrected chi connectivity index (χ0v) is 11.1. The summed E-state index contributed by atoms with van der Waals surface area (Å²) in [5, 5.41) is 3.15. The molecule has 0 aliphatic carbocycles. The van der Waals surface area contributed by atoms with Gasteiger partial charge in [-0.1, -0.05) is 6.92 Å². The minimum absolute atomic E-state index is 0.102. The number of hydrogen-bond acceptors (Lipinski definition) is 3. The fourth-order valence-electron chi connectivity index (χ4n) is 2.43. The molecule has 1 aromatic heterocycles. The number of carbonyl (C=O) groups excluding carboxylic acids is 1. The van der Waals surface area contributed by atoms with Gasteiger partial charge in [0, 0.05) is 25.8 Å². The first-order valence-corrected chi connectivity index (χ1v) is 6.70. The molecule has 0 spiro atoms. The number of nitrogens with one attached hydrogen (secondary N) is 1. The number of piperidine rings is 1. The van der Waals surface area contributed by atoms with Gasteiger partial charge in [-0.2, -0.15) is 0 Å². The number of carbonyl (C=O) groups is 1. The molecule has 1 saturated heterocycles. The van der Waals surface area contributed by atoms with Gasteiger partial charge in [-0.25, -0.2) is 4.98 Å². The van der Waals surface area contributed by atoms with Crippen molar-refractivity contribution in [3.63, 3.8) is 0 Å². The molecule has 0 bridgehead atoms. The lowest BCUT2D eigenvalue weighted by molar-refractivity contribution is 0.0683. The third-order valence-electron chi connectivity index (χ3n) is 3.33. The van der Waals surface area contributed by atoms with Crippen molar-refractivity contribution in [1.82, 2.24) is 9.88 Å². The topological polar surface area (TPSA) is 45.2 Å². The average molecular weight is 247 g/mol. The van der Waals surface area contributed by atoms with Gasteiger partial charge in [0.15, 0.2) is 0 Å². The normalized spacial score (nSPS) is 19.7. The van der Waals surface area contributed by atoms with E-state index in [1.165, 1.54) is 6.42 Å². The summed E-state index contributed by atoms with van der Waals surface area (Å²) in [6.45, 7) is 6.70. The summed E-state index contributed by atoms with van der Waals surface area (Å²) in [4.78, 5) is 18.7. The minimum Gasteiger partial charge on any atom is -0.370 e. The Morgan fingerprint density at radius 1 is 1.61 bits per heavy atom. The van der Waals surface area contributed by atoms with Gasteiger partial charge in [-0.15, -0.1) is 0 Å². The quantitative estimate of drug-likeness (QED) is 0.892. The first-order chi connectivity index (χ1) is 8.72. The molecule has 0 radical (unpaired) electrons. The molecule has 1 atom stereocenters. The van der Waals surface area contributed by atoms with E-state index in [0.717, 1.165) is 26.1 Å². The summed E-state index contributed by atoms with van der Waals surface area (Å²) in [6.07, 6.45) is 4.04. The van der Waals surface area contributed by atoms with Crippen LogP contribution in [0, 0.1) is 5.92 Å². The van der Waals surface area contributed by atoms with Gasteiger partial charge in [0.1, 0.15) is 5.82 Å². The highest BCUT2D eigenvalue weighted by molar-refractivity contribution is 5.98. The van der Waals surface area contributed by atoms with Crippen molar-refractivity contribution in [2.45, 2.75) is 26.7 Å². The van der Waals surface area contributed by atoms with Gasteiger partial charge >= 0.3 is 0 Å². The molecule has 1 amide bonds. The monoisotopic (exact) mass is 247 g/mol. The van der Waals surface area contributed by atoms with E-state index in [9.17, 15) is 4.79 Å². The maximum Gasteiger partial charge on any atom is 0.257 e. The Balaban J connectivity index is 2.17. The molecule has 1 unspecified atom stereocenters. The number of anilines is 1. The van der Waals surface area contributed by atoms with E-state index < -0.39 is 0 Å². The second kappa shape index (κ2) is 5.85. The summed E-state index contributed by atoms with van der Waals surface area (Å²) < 4.78 is 0. The average Bonchev–Trinajstić information content (AvgIpc) is 2.39. The Labute approximate surface area is 108 Å². The van der Waals surface area contributed by atoms with Crippen molar-refractivity contribution < 1.29 is 4.79 Å². The molecular weight excluding hydrogens is 226 g/mol. The standard InChI is InChI=1S/C14H21N3O/c1-3-15-13-12(7-4-8-16-13)14(18)17-9-5-6-11(2)10-17/h4,7-8,11H,3,5-6,9-10H2,1-2H3,(H,15,16). The molecule has 2 rings (SSSR count). The smallest absolute Gasteiger partial charge is 0.257 e. The number of likely N-dealkylation sites (tertiary alicyclic amines) is 1. The summed E-state index contributed by atoms with van der Waals surface area (Å²) in [5.74, 6) is 1.40. The van der Waals surface area contributed by atoms with Gasteiger partial charge in [0.05, 0.1) is 5.56 Å². The van der Waals surface area contributed by atoms with Crippen LogP contribution < -0.4 is 5.32 Å². The van der Waals surface area contributed by atoms with Gasteiger partial charge in [0.25, 0.3) is 5.91 Å². The number of pyridine rings is 1. The van der Waals surface area contributed by atoms with Crippen molar-refractivity contribution in [2.24, 2.45) is 5.92 Å². The highest BCUT2D eigenvalue weighted by Crippen LogP contribution is 2.20. The highest BCUT2D eigenvalue weighted by Gasteiger charge is 2.23.